The number of ether oxygens (including phenoxy) is 4. The number of carbonyl (C=O) groups excluding carboxylic acids is 2. The van der Waals surface area contributed by atoms with E-state index in [0.717, 1.165) is 18.9 Å². The fourth-order valence-corrected chi connectivity index (χ4v) is 3.31. The first-order valence-corrected chi connectivity index (χ1v) is 9.94. The molecule has 0 spiro atoms. The molecule has 1 atom stereocenters. The number of benzene rings is 1. The van der Waals surface area contributed by atoms with Crippen LogP contribution < -0.4 is 19.7 Å². The van der Waals surface area contributed by atoms with Crippen molar-refractivity contribution in [1.29, 1.82) is 0 Å². The molecule has 9 nitrogen and oxygen atoms in total. The van der Waals surface area contributed by atoms with Crippen molar-refractivity contribution in [2.75, 3.05) is 52.5 Å². The van der Waals surface area contributed by atoms with Crippen molar-refractivity contribution in [2.24, 2.45) is 0 Å². The summed E-state index contributed by atoms with van der Waals surface area (Å²) in [5.41, 5.74) is 1.08. The van der Waals surface area contributed by atoms with Crippen LogP contribution in [0.25, 0.3) is 0 Å². The summed E-state index contributed by atoms with van der Waals surface area (Å²) in [6, 6.07) is 8.15. The lowest BCUT2D eigenvalue weighted by atomic mass is 10.0. The molecule has 1 N–H and O–H groups in total. The van der Waals surface area contributed by atoms with Crippen LogP contribution in [-0.2, 0) is 14.3 Å². The number of hydrogen-bond acceptors (Lipinski definition) is 8. The van der Waals surface area contributed by atoms with Gasteiger partial charge in [-0.3, -0.25) is 9.59 Å². The van der Waals surface area contributed by atoms with Crippen molar-refractivity contribution in [3.8, 4) is 11.5 Å². The van der Waals surface area contributed by atoms with E-state index < -0.39 is 12.0 Å². The van der Waals surface area contributed by atoms with Crippen LogP contribution >= 0.6 is 0 Å². The second-order valence-corrected chi connectivity index (χ2v) is 6.93. The summed E-state index contributed by atoms with van der Waals surface area (Å²) in [5, 5.41) is 2.89. The Hall–Kier alpha value is -3.33. The van der Waals surface area contributed by atoms with Gasteiger partial charge in [-0.15, -0.1) is 0 Å². The summed E-state index contributed by atoms with van der Waals surface area (Å²) >= 11 is 0. The number of amides is 1. The van der Waals surface area contributed by atoms with Crippen LogP contribution in [0.1, 0.15) is 28.4 Å². The van der Waals surface area contributed by atoms with Gasteiger partial charge in [0.15, 0.2) is 11.5 Å². The first-order valence-electron chi connectivity index (χ1n) is 9.94. The van der Waals surface area contributed by atoms with Gasteiger partial charge in [-0.2, -0.15) is 0 Å². The van der Waals surface area contributed by atoms with E-state index >= 15 is 0 Å². The van der Waals surface area contributed by atoms with Crippen molar-refractivity contribution in [2.45, 2.75) is 12.5 Å². The molecule has 0 unspecified atom stereocenters. The maximum absolute atomic E-state index is 12.9. The van der Waals surface area contributed by atoms with Gasteiger partial charge in [0.25, 0.3) is 5.91 Å². The topological polar surface area (TPSA) is 99.2 Å². The molecule has 1 saturated heterocycles. The van der Waals surface area contributed by atoms with E-state index in [2.05, 4.69) is 15.2 Å². The van der Waals surface area contributed by atoms with Crippen molar-refractivity contribution in [3.63, 3.8) is 0 Å². The smallest absolute Gasteiger partial charge is 0.307 e. The minimum absolute atomic E-state index is 0.0307. The van der Waals surface area contributed by atoms with E-state index in [9.17, 15) is 9.59 Å². The number of carbonyl (C=O) groups is 2. The average molecular weight is 429 g/mol. The normalized spacial score (nSPS) is 14.5. The van der Waals surface area contributed by atoms with Crippen LogP contribution in [0.5, 0.6) is 11.5 Å². The van der Waals surface area contributed by atoms with Crippen LogP contribution in [0.2, 0.25) is 0 Å². The van der Waals surface area contributed by atoms with Crippen LogP contribution in [0.3, 0.4) is 0 Å². The minimum Gasteiger partial charge on any atom is -0.493 e. The monoisotopic (exact) mass is 429 g/mol. The summed E-state index contributed by atoms with van der Waals surface area (Å²) in [7, 11) is 4.38. The molecule has 1 aromatic heterocycles. The molecular weight excluding hydrogens is 402 g/mol. The Morgan fingerprint density at radius 1 is 1.10 bits per heavy atom. The van der Waals surface area contributed by atoms with E-state index in [-0.39, 0.29) is 12.3 Å². The van der Waals surface area contributed by atoms with Gasteiger partial charge in [0.2, 0.25) is 0 Å². The van der Waals surface area contributed by atoms with Crippen molar-refractivity contribution < 1.29 is 28.5 Å². The highest BCUT2D eigenvalue weighted by Gasteiger charge is 2.22. The molecule has 1 aliphatic heterocycles. The van der Waals surface area contributed by atoms with Crippen LogP contribution in [-0.4, -0.2) is 64.5 Å². The first kappa shape index (κ1) is 22.4. The van der Waals surface area contributed by atoms with Crippen molar-refractivity contribution in [3.05, 3.63) is 47.7 Å². The Balaban J connectivity index is 1.77. The largest absolute Gasteiger partial charge is 0.493 e. The molecule has 1 amide bonds. The number of esters is 1. The number of hydrogen-bond donors (Lipinski definition) is 1. The molecule has 1 aromatic carbocycles. The quantitative estimate of drug-likeness (QED) is 0.636. The predicted molar refractivity (Wildman–Crippen MR) is 114 cm³/mol. The van der Waals surface area contributed by atoms with Gasteiger partial charge in [0.1, 0.15) is 5.82 Å². The number of methoxy groups -OCH3 is 3. The zero-order chi connectivity index (χ0) is 22.2. The predicted octanol–water partition coefficient (Wildman–Crippen LogP) is 1.97. The third-order valence-corrected chi connectivity index (χ3v) is 5.06. The number of nitrogens with one attached hydrogen (secondary N) is 1. The van der Waals surface area contributed by atoms with E-state index in [1.165, 1.54) is 20.4 Å². The van der Waals surface area contributed by atoms with Gasteiger partial charge in [-0.05, 0) is 29.8 Å². The summed E-state index contributed by atoms with van der Waals surface area (Å²) in [5.74, 6) is 1.06. The summed E-state index contributed by atoms with van der Waals surface area (Å²) in [4.78, 5) is 31.3. The van der Waals surface area contributed by atoms with Gasteiger partial charge in [-0.1, -0.05) is 6.07 Å². The maximum atomic E-state index is 12.9. The number of rotatable bonds is 8. The molecule has 3 rings (SSSR count). The van der Waals surface area contributed by atoms with Gasteiger partial charge >= 0.3 is 5.97 Å². The number of anilines is 1. The third-order valence-electron chi connectivity index (χ3n) is 5.06. The van der Waals surface area contributed by atoms with Crippen LogP contribution in [0.4, 0.5) is 5.82 Å². The Morgan fingerprint density at radius 2 is 1.84 bits per heavy atom. The highest BCUT2D eigenvalue weighted by molar-refractivity contribution is 5.94. The SMILES string of the molecule is COC(=O)C[C@H](NC(=O)c1ccc(N2CCOCC2)nc1)c1ccc(OC)c(OC)c1. The van der Waals surface area contributed by atoms with Crippen LogP contribution in [0, 0.1) is 0 Å². The lowest BCUT2D eigenvalue weighted by Gasteiger charge is -2.27. The third kappa shape index (κ3) is 5.64. The summed E-state index contributed by atoms with van der Waals surface area (Å²) in [6.45, 7) is 2.84. The van der Waals surface area contributed by atoms with Crippen LogP contribution in [0.15, 0.2) is 36.5 Å². The highest BCUT2D eigenvalue weighted by Crippen LogP contribution is 2.31. The first-order chi connectivity index (χ1) is 15.0. The van der Waals surface area contributed by atoms with E-state index in [1.807, 2.05) is 6.07 Å². The summed E-state index contributed by atoms with van der Waals surface area (Å²) in [6.07, 6.45) is 1.50. The van der Waals surface area contributed by atoms with Crippen molar-refractivity contribution in [1.82, 2.24) is 10.3 Å². The molecule has 2 heterocycles. The molecular formula is C22H27N3O6. The van der Waals surface area contributed by atoms with Crippen molar-refractivity contribution >= 4 is 17.7 Å². The zero-order valence-corrected chi connectivity index (χ0v) is 17.9. The standard InChI is InChI=1S/C22H27N3O6/c1-28-18-6-4-15(12-19(18)29-2)17(13-21(26)30-3)24-22(27)16-5-7-20(23-14-16)25-8-10-31-11-9-25/h4-7,12,14,17H,8-11,13H2,1-3H3,(H,24,27)/t17-/m0/s1. The molecule has 0 aliphatic carbocycles. The van der Waals surface area contributed by atoms with Gasteiger partial charge in [-0.25, -0.2) is 4.98 Å². The molecule has 1 fully saturated rings. The Labute approximate surface area is 181 Å². The van der Waals surface area contributed by atoms with E-state index in [4.69, 9.17) is 18.9 Å². The molecule has 9 heteroatoms. The van der Waals surface area contributed by atoms with Gasteiger partial charge in [0.05, 0.1) is 52.6 Å². The number of pyridine rings is 1. The lowest BCUT2D eigenvalue weighted by Crippen LogP contribution is -2.36. The Kier molecular flexibility index (Phi) is 7.66. The fourth-order valence-electron chi connectivity index (χ4n) is 3.31. The maximum Gasteiger partial charge on any atom is 0.307 e. The fraction of sp³-hybridized carbons (Fsp3) is 0.409. The van der Waals surface area contributed by atoms with Gasteiger partial charge < -0.3 is 29.2 Å². The second-order valence-electron chi connectivity index (χ2n) is 6.93. The summed E-state index contributed by atoms with van der Waals surface area (Å²) < 4.78 is 20.8. The second kappa shape index (κ2) is 10.6. The van der Waals surface area contributed by atoms with Gasteiger partial charge in [0, 0.05) is 19.3 Å². The van der Waals surface area contributed by atoms with E-state index in [1.54, 1.807) is 31.4 Å². The molecule has 166 valence electrons. The Bertz CT molecular complexity index is 897. The number of morpholine rings is 1. The highest BCUT2D eigenvalue weighted by atomic mass is 16.5. The molecule has 1 aliphatic rings. The molecule has 31 heavy (non-hydrogen) atoms. The van der Waals surface area contributed by atoms with E-state index in [0.29, 0.717) is 35.8 Å². The Morgan fingerprint density at radius 3 is 2.45 bits per heavy atom. The molecule has 0 bridgehead atoms. The number of nitrogens with zero attached hydrogens (tertiary/aromatic N) is 2. The minimum atomic E-state index is -0.612. The average Bonchev–Trinajstić information content (AvgIpc) is 2.83. The zero-order valence-electron chi connectivity index (χ0n) is 17.9. The molecule has 2 aromatic rings. The number of aromatic nitrogens is 1. The molecule has 0 radical (unpaired) electrons. The lowest BCUT2D eigenvalue weighted by molar-refractivity contribution is -0.141. The molecule has 0 saturated carbocycles.